The van der Waals surface area contributed by atoms with Gasteiger partial charge in [-0.3, -0.25) is 0 Å². The molecule has 1 saturated heterocycles. The first-order valence-corrected chi connectivity index (χ1v) is 9.54. The predicted molar refractivity (Wildman–Crippen MR) is 71.2 cm³/mol. The monoisotopic (exact) mass is 244 g/mol. The van der Waals surface area contributed by atoms with Gasteiger partial charge < -0.3 is 9.53 Å². The fourth-order valence-electron chi connectivity index (χ4n) is 3.06. The first-order valence-electron chi connectivity index (χ1n) is 6.85. The van der Waals surface area contributed by atoms with E-state index in [1.54, 1.807) is 0 Å². The number of hydrogen-bond acceptors (Lipinski definition) is 2. The van der Waals surface area contributed by atoms with E-state index in [1.165, 1.54) is 25.3 Å². The molecule has 0 aliphatic carbocycles. The van der Waals surface area contributed by atoms with Crippen LogP contribution in [0.4, 0.5) is 0 Å². The lowest BCUT2D eigenvalue weighted by molar-refractivity contribution is 0.134. The average molecular weight is 244 g/mol. The highest BCUT2D eigenvalue weighted by molar-refractivity contribution is 6.74. The number of aliphatic hydroxyl groups is 1. The molecule has 96 valence electrons. The molecule has 1 aliphatic heterocycles. The molecule has 0 radical (unpaired) electrons. The van der Waals surface area contributed by atoms with Crippen molar-refractivity contribution in [2.75, 3.05) is 0 Å². The van der Waals surface area contributed by atoms with E-state index in [-0.39, 0.29) is 6.10 Å². The zero-order valence-corrected chi connectivity index (χ0v) is 12.3. The van der Waals surface area contributed by atoms with Crippen LogP contribution in [0.25, 0.3) is 0 Å². The summed E-state index contributed by atoms with van der Waals surface area (Å²) < 4.78 is 6.19. The molecule has 0 spiro atoms. The fourth-order valence-corrected chi connectivity index (χ4v) is 7.50. The van der Waals surface area contributed by atoms with Gasteiger partial charge in [-0.05, 0) is 39.3 Å². The molecule has 1 fully saturated rings. The molecule has 1 N–H and O–H groups in total. The minimum absolute atomic E-state index is 0.113. The van der Waals surface area contributed by atoms with Crippen LogP contribution in [0.15, 0.2) is 0 Å². The SMILES string of the molecule is CCCC[C@@H](O)[C@@H]1CCC[Si]1(C)OC(C)C. The first-order chi connectivity index (χ1) is 7.49. The van der Waals surface area contributed by atoms with Gasteiger partial charge in [0, 0.05) is 11.6 Å². The summed E-state index contributed by atoms with van der Waals surface area (Å²) in [7, 11) is -1.64. The van der Waals surface area contributed by atoms with Crippen molar-refractivity contribution < 1.29 is 9.53 Å². The van der Waals surface area contributed by atoms with E-state index >= 15 is 0 Å². The van der Waals surface area contributed by atoms with Crippen LogP contribution in [-0.2, 0) is 4.43 Å². The van der Waals surface area contributed by atoms with Crippen LogP contribution >= 0.6 is 0 Å². The van der Waals surface area contributed by atoms with Crippen LogP contribution in [0.1, 0.15) is 52.9 Å². The third-order valence-corrected chi connectivity index (χ3v) is 8.39. The third-order valence-electron chi connectivity index (χ3n) is 3.80. The van der Waals surface area contributed by atoms with Crippen molar-refractivity contribution in [1.29, 1.82) is 0 Å². The molecule has 16 heavy (non-hydrogen) atoms. The van der Waals surface area contributed by atoms with Crippen LogP contribution < -0.4 is 0 Å². The molecule has 1 rings (SSSR count). The van der Waals surface area contributed by atoms with Gasteiger partial charge in [0.25, 0.3) is 0 Å². The quantitative estimate of drug-likeness (QED) is 0.722. The third kappa shape index (κ3) is 3.57. The van der Waals surface area contributed by atoms with Crippen molar-refractivity contribution in [1.82, 2.24) is 0 Å². The van der Waals surface area contributed by atoms with Crippen molar-refractivity contribution in [3.05, 3.63) is 0 Å². The number of hydrogen-bond donors (Lipinski definition) is 1. The largest absolute Gasteiger partial charge is 0.414 e. The van der Waals surface area contributed by atoms with E-state index in [1.807, 2.05) is 0 Å². The molecule has 1 heterocycles. The molecule has 0 bridgehead atoms. The Kier molecular flexibility index (Phi) is 5.48. The second kappa shape index (κ2) is 6.17. The zero-order chi connectivity index (χ0) is 12.2. The minimum Gasteiger partial charge on any atom is -0.414 e. The summed E-state index contributed by atoms with van der Waals surface area (Å²) in [6, 6.07) is 1.24. The highest BCUT2D eigenvalue weighted by Gasteiger charge is 2.46. The maximum Gasteiger partial charge on any atom is 0.195 e. The van der Waals surface area contributed by atoms with Gasteiger partial charge >= 0.3 is 0 Å². The molecule has 0 aromatic rings. The van der Waals surface area contributed by atoms with Gasteiger partial charge in [0.1, 0.15) is 0 Å². The van der Waals surface area contributed by atoms with Crippen LogP contribution in [0.3, 0.4) is 0 Å². The van der Waals surface area contributed by atoms with Crippen molar-refractivity contribution >= 4 is 8.32 Å². The summed E-state index contributed by atoms with van der Waals surface area (Å²) in [5, 5.41) is 10.3. The Morgan fingerprint density at radius 3 is 2.69 bits per heavy atom. The van der Waals surface area contributed by atoms with Crippen LogP contribution in [-0.4, -0.2) is 25.6 Å². The van der Waals surface area contributed by atoms with E-state index in [0.29, 0.717) is 11.6 Å². The zero-order valence-electron chi connectivity index (χ0n) is 11.3. The van der Waals surface area contributed by atoms with Crippen molar-refractivity contribution in [3.63, 3.8) is 0 Å². The molecular formula is C13H28O2Si. The van der Waals surface area contributed by atoms with Gasteiger partial charge in [-0.15, -0.1) is 0 Å². The predicted octanol–water partition coefficient (Wildman–Crippen LogP) is 3.70. The van der Waals surface area contributed by atoms with Crippen LogP contribution in [0, 0.1) is 0 Å². The second-order valence-corrected chi connectivity index (χ2v) is 9.79. The highest BCUT2D eigenvalue weighted by Crippen LogP contribution is 2.44. The number of unbranched alkanes of at least 4 members (excludes halogenated alkanes) is 1. The number of rotatable bonds is 6. The number of aliphatic hydroxyl groups excluding tert-OH is 1. The van der Waals surface area contributed by atoms with Gasteiger partial charge in [0.2, 0.25) is 0 Å². The van der Waals surface area contributed by atoms with Gasteiger partial charge in [-0.1, -0.05) is 26.2 Å². The summed E-state index contributed by atoms with van der Waals surface area (Å²) in [4.78, 5) is 0. The van der Waals surface area contributed by atoms with Gasteiger partial charge in [0.15, 0.2) is 8.32 Å². The average Bonchev–Trinajstić information content (AvgIpc) is 2.55. The molecule has 0 aromatic carbocycles. The Morgan fingerprint density at radius 1 is 1.44 bits per heavy atom. The van der Waals surface area contributed by atoms with Crippen molar-refractivity contribution in [2.24, 2.45) is 0 Å². The normalized spacial score (nSPS) is 32.2. The summed E-state index contributed by atoms with van der Waals surface area (Å²) in [6.45, 7) is 8.74. The van der Waals surface area contributed by atoms with Gasteiger partial charge in [0.05, 0.1) is 6.10 Å². The standard InChI is InChI=1S/C13H28O2Si/c1-5-6-8-12(14)13-9-7-10-16(13,4)15-11(2)3/h11-14H,5-10H2,1-4H3/t12-,13+,16?/m1/s1. The Bertz CT molecular complexity index is 208. The second-order valence-electron chi connectivity index (χ2n) is 5.69. The maximum atomic E-state index is 10.3. The molecule has 3 atom stereocenters. The molecule has 1 unspecified atom stereocenters. The highest BCUT2D eigenvalue weighted by atomic mass is 28.4. The van der Waals surface area contributed by atoms with E-state index in [9.17, 15) is 5.11 Å². The smallest absolute Gasteiger partial charge is 0.195 e. The summed E-state index contributed by atoms with van der Waals surface area (Å²) >= 11 is 0. The lowest BCUT2D eigenvalue weighted by Crippen LogP contribution is -2.43. The topological polar surface area (TPSA) is 29.5 Å². The molecule has 0 aromatic heterocycles. The molecule has 3 heteroatoms. The maximum absolute atomic E-state index is 10.3. The minimum atomic E-state index is -1.64. The summed E-state index contributed by atoms with van der Waals surface area (Å²) in [5.41, 5.74) is 0.474. The van der Waals surface area contributed by atoms with E-state index in [0.717, 1.165) is 12.8 Å². The Balaban J connectivity index is 2.56. The summed E-state index contributed by atoms with van der Waals surface area (Å²) in [6.07, 6.45) is 5.92. The van der Waals surface area contributed by atoms with E-state index in [4.69, 9.17) is 4.43 Å². The van der Waals surface area contributed by atoms with Crippen LogP contribution in [0.5, 0.6) is 0 Å². The molecular weight excluding hydrogens is 216 g/mol. The fraction of sp³-hybridized carbons (Fsp3) is 1.00. The first kappa shape index (κ1) is 14.2. The lowest BCUT2D eigenvalue weighted by atomic mass is 10.1. The van der Waals surface area contributed by atoms with Gasteiger partial charge in [-0.2, -0.15) is 0 Å². The summed E-state index contributed by atoms with van der Waals surface area (Å²) in [5.74, 6) is 0. The Morgan fingerprint density at radius 2 is 2.12 bits per heavy atom. The molecule has 0 amide bonds. The van der Waals surface area contributed by atoms with E-state index < -0.39 is 8.32 Å². The Labute approximate surface area is 102 Å². The lowest BCUT2D eigenvalue weighted by Gasteiger charge is -2.34. The van der Waals surface area contributed by atoms with Crippen LogP contribution in [0.2, 0.25) is 18.1 Å². The van der Waals surface area contributed by atoms with Gasteiger partial charge in [-0.25, -0.2) is 0 Å². The molecule has 0 saturated carbocycles. The van der Waals surface area contributed by atoms with E-state index in [2.05, 4.69) is 27.3 Å². The molecule has 2 nitrogen and oxygen atoms in total. The van der Waals surface area contributed by atoms with Crippen molar-refractivity contribution in [3.8, 4) is 0 Å². The molecule has 1 aliphatic rings. The Hall–Kier alpha value is 0.137. The van der Waals surface area contributed by atoms with Crippen molar-refractivity contribution in [2.45, 2.75) is 83.2 Å².